The fourth-order valence-electron chi connectivity index (χ4n) is 2.60. The van der Waals surface area contributed by atoms with Crippen LogP contribution in [0.3, 0.4) is 0 Å². The zero-order valence-electron chi connectivity index (χ0n) is 13.5. The van der Waals surface area contributed by atoms with Crippen molar-refractivity contribution in [2.75, 3.05) is 19.5 Å². The van der Waals surface area contributed by atoms with E-state index >= 15 is 0 Å². The maximum atomic E-state index is 12.4. The Morgan fingerprint density at radius 1 is 1.45 bits per heavy atom. The summed E-state index contributed by atoms with van der Waals surface area (Å²) in [6.45, 7) is 8.98. The highest BCUT2D eigenvalue weighted by molar-refractivity contribution is 6.19. The van der Waals surface area contributed by atoms with E-state index in [1.54, 1.807) is 20.8 Å². The third-order valence-corrected chi connectivity index (χ3v) is 3.77. The summed E-state index contributed by atoms with van der Waals surface area (Å²) in [4.78, 5) is 26.0. The van der Waals surface area contributed by atoms with Crippen LogP contribution in [0.15, 0.2) is 12.2 Å². The lowest BCUT2D eigenvalue weighted by atomic mass is 9.88. The van der Waals surface area contributed by atoms with Gasteiger partial charge < -0.3 is 14.6 Å². The van der Waals surface area contributed by atoms with Gasteiger partial charge in [0.2, 0.25) is 0 Å². The second-order valence-electron chi connectivity index (χ2n) is 6.53. The summed E-state index contributed by atoms with van der Waals surface area (Å²) in [6, 6.07) is 0. The van der Waals surface area contributed by atoms with Crippen LogP contribution in [-0.2, 0) is 14.3 Å². The number of carbonyl (C=O) groups is 2. The minimum Gasteiger partial charge on any atom is -0.467 e. The highest BCUT2D eigenvalue weighted by Gasteiger charge is 2.55. The van der Waals surface area contributed by atoms with Crippen molar-refractivity contribution in [3.8, 4) is 0 Å². The molecule has 1 aliphatic rings. The quantitative estimate of drug-likeness (QED) is 0.484. The molecule has 1 aliphatic heterocycles. The molecule has 1 saturated heterocycles. The molecule has 2 atom stereocenters. The minimum absolute atomic E-state index is 0.000418. The number of aliphatic hydroxyl groups is 1. The van der Waals surface area contributed by atoms with E-state index in [0.29, 0.717) is 5.57 Å². The molecule has 7 heteroatoms. The monoisotopic (exact) mass is 333 g/mol. The average Bonchev–Trinajstić information content (AvgIpc) is 2.73. The highest BCUT2D eigenvalue weighted by Crippen LogP contribution is 2.37. The van der Waals surface area contributed by atoms with E-state index in [9.17, 15) is 14.7 Å². The number of rotatable bonds is 4. The van der Waals surface area contributed by atoms with Crippen molar-refractivity contribution in [3.05, 3.63) is 12.2 Å². The van der Waals surface area contributed by atoms with Crippen molar-refractivity contribution in [1.82, 2.24) is 4.90 Å². The number of carbonyl (C=O) groups excluding carboxylic acids is 2. The van der Waals surface area contributed by atoms with Crippen LogP contribution in [0.25, 0.3) is 0 Å². The largest absolute Gasteiger partial charge is 0.467 e. The lowest BCUT2D eigenvalue weighted by molar-refractivity contribution is -0.153. The van der Waals surface area contributed by atoms with Gasteiger partial charge in [-0.3, -0.25) is 4.90 Å². The van der Waals surface area contributed by atoms with Gasteiger partial charge in [-0.25, -0.2) is 9.59 Å². The average molecular weight is 334 g/mol. The summed E-state index contributed by atoms with van der Waals surface area (Å²) in [7, 11) is 1.24. The first kappa shape index (κ1) is 18.8. The summed E-state index contributed by atoms with van der Waals surface area (Å²) in [5, 5.41) is 9.99. The predicted molar refractivity (Wildman–Crippen MR) is 82.8 cm³/mol. The topological polar surface area (TPSA) is 76.1 Å². The fourth-order valence-corrected chi connectivity index (χ4v) is 2.69. The van der Waals surface area contributed by atoms with Crippen LogP contribution in [0.5, 0.6) is 0 Å². The molecule has 0 aromatic heterocycles. The Morgan fingerprint density at radius 3 is 2.50 bits per heavy atom. The van der Waals surface area contributed by atoms with E-state index in [4.69, 9.17) is 21.1 Å². The van der Waals surface area contributed by atoms with Crippen molar-refractivity contribution in [2.45, 2.75) is 50.9 Å². The van der Waals surface area contributed by atoms with E-state index in [0.717, 1.165) is 0 Å². The first-order valence-electron chi connectivity index (χ1n) is 7.05. The third-order valence-electron chi connectivity index (χ3n) is 3.39. The van der Waals surface area contributed by atoms with Gasteiger partial charge in [-0.2, -0.15) is 0 Å². The minimum atomic E-state index is -1.33. The Hall–Kier alpha value is -1.27. The molecule has 1 rings (SSSR count). The van der Waals surface area contributed by atoms with E-state index in [1.165, 1.54) is 12.0 Å². The van der Waals surface area contributed by atoms with Crippen molar-refractivity contribution in [2.24, 2.45) is 0 Å². The molecule has 1 amide bonds. The number of halogens is 1. The zero-order valence-corrected chi connectivity index (χ0v) is 14.3. The van der Waals surface area contributed by atoms with Gasteiger partial charge in [-0.1, -0.05) is 12.2 Å². The Kier molecular flexibility index (Phi) is 5.87. The standard InChI is InChI=1S/C15H24ClNO5/c1-10(8-16)6-15(12(19)21-5)7-11(18)9-17(15)13(20)22-14(2,3)4/h11,18H,1,6-9H2,2-5H3. The Bertz CT molecular complexity index is 459. The predicted octanol–water partition coefficient (Wildman–Crippen LogP) is 2.08. The van der Waals surface area contributed by atoms with Gasteiger partial charge in [-0.05, 0) is 20.8 Å². The lowest BCUT2D eigenvalue weighted by Gasteiger charge is -2.36. The van der Waals surface area contributed by atoms with Crippen LogP contribution in [0.4, 0.5) is 4.79 Å². The first-order valence-corrected chi connectivity index (χ1v) is 7.59. The molecule has 0 aromatic rings. The first-order chi connectivity index (χ1) is 10.1. The molecular weight excluding hydrogens is 310 g/mol. The maximum Gasteiger partial charge on any atom is 0.411 e. The molecular formula is C15H24ClNO5. The van der Waals surface area contributed by atoms with Gasteiger partial charge in [0.15, 0.2) is 0 Å². The van der Waals surface area contributed by atoms with Gasteiger partial charge in [-0.15, -0.1) is 11.6 Å². The van der Waals surface area contributed by atoms with Crippen LogP contribution in [-0.4, -0.2) is 58.8 Å². The number of esters is 1. The van der Waals surface area contributed by atoms with Gasteiger partial charge >= 0.3 is 12.1 Å². The second kappa shape index (κ2) is 6.87. The van der Waals surface area contributed by atoms with Gasteiger partial charge in [0.05, 0.1) is 19.8 Å². The van der Waals surface area contributed by atoms with Gasteiger partial charge in [0, 0.05) is 18.7 Å². The number of amides is 1. The summed E-state index contributed by atoms with van der Waals surface area (Å²) in [5.41, 5.74) is -1.46. The summed E-state index contributed by atoms with van der Waals surface area (Å²) in [6.07, 6.45) is -1.32. The number of likely N-dealkylation sites (tertiary alicyclic amines) is 1. The number of aliphatic hydroxyl groups excluding tert-OH is 1. The molecule has 126 valence electrons. The molecule has 0 radical (unpaired) electrons. The Balaban J connectivity index is 3.17. The van der Waals surface area contributed by atoms with Crippen molar-refractivity contribution in [3.63, 3.8) is 0 Å². The molecule has 22 heavy (non-hydrogen) atoms. The van der Waals surface area contributed by atoms with E-state index in [-0.39, 0.29) is 25.3 Å². The van der Waals surface area contributed by atoms with Gasteiger partial charge in [0.25, 0.3) is 0 Å². The molecule has 6 nitrogen and oxygen atoms in total. The van der Waals surface area contributed by atoms with Crippen LogP contribution < -0.4 is 0 Å². The van der Waals surface area contributed by atoms with Crippen LogP contribution in [0.1, 0.15) is 33.6 Å². The Morgan fingerprint density at radius 2 is 2.05 bits per heavy atom. The van der Waals surface area contributed by atoms with E-state index in [1.807, 2.05) is 0 Å². The van der Waals surface area contributed by atoms with Crippen LogP contribution in [0.2, 0.25) is 0 Å². The molecule has 0 spiro atoms. The maximum absolute atomic E-state index is 12.4. The number of hydrogen-bond acceptors (Lipinski definition) is 5. The molecule has 1 heterocycles. The second-order valence-corrected chi connectivity index (χ2v) is 6.80. The smallest absolute Gasteiger partial charge is 0.411 e. The summed E-state index contributed by atoms with van der Waals surface area (Å²) >= 11 is 5.76. The van der Waals surface area contributed by atoms with Crippen molar-refractivity contribution in [1.29, 1.82) is 0 Å². The molecule has 0 aliphatic carbocycles. The number of nitrogens with zero attached hydrogens (tertiary/aromatic N) is 1. The highest BCUT2D eigenvalue weighted by atomic mass is 35.5. The normalized spacial score (nSPS) is 25.0. The van der Waals surface area contributed by atoms with Crippen molar-refractivity contribution >= 4 is 23.7 Å². The number of methoxy groups -OCH3 is 1. The van der Waals surface area contributed by atoms with Crippen molar-refractivity contribution < 1.29 is 24.2 Å². The molecule has 0 saturated carbocycles. The molecule has 2 unspecified atom stereocenters. The molecule has 1 N–H and O–H groups in total. The van der Waals surface area contributed by atoms with E-state index in [2.05, 4.69) is 6.58 Å². The molecule has 1 fully saturated rings. The van der Waals surface area contributed by atoms with Gasteiger partial charge in [0.1, 0.15) is 11.1 Å². The fraction of sp³-hybridized carbons (Fsp3) is 0.733. The van der Waals surface area contributed by atoms with Crippen LogP contribution >= 0.6 is 11.6 Å². The third kappa shape index (κ3) is 4.14. The molecule has 0 bridgehead atoms. The number of ether oxygens (including phenoxy) is 2. The van der Waals surface area contributed by atoms with E-state index < -0.39 is 29.3 Å². The number of alkyl halides is 1. The Labute approximate surface area is 136 Å². The lowest BCUT2D eigenvalue weighted by Crippen LogP contribution is -2.55. The molecule has 0 aromatic carbocycles. The summed E-state index contributed by atoms with van der Waals surface area (Å²) in [5.74, 6) is -0.460. The number of hydrogen-bond donors (Lipinski definition) is 1. The van der Waals surface area contributed by atoms with Crippen LogP contribution in [0, 0.1) is 0 Å². The SMILES string of the molecule is C=C(CCl)CC1(C(=O)OC)CC(O)CN1C(=O)OC(C)(C)C. The zero-order chi connectivity index (χ0) is 17.1. The summed E-state index contributed by atoms with van der Waals surface area (Å²) < 4.78 is 10.2. The number of β-amino-alcohol motifs (C(OH)–C–C–N with tert-alkyl or cyclic N) is 1.